The molecule has 3 N–H and O–H groups in total. The van der Waals surface area contributed by atoms with E-state index in [2.05, 4.69) is 15.6 Å². The van der Waals surface area contributed by atoms with Crippen LogP contribution in [0.3, 0.4) is 0 Å². The van der Waals surface area contributed by atoms with Crippen molar-refractivity contribution in [3.05, 3.63) is 30.0 Å². The van der Waals surface area contributed by atoms with Crippen molar-refractivity contribution in [3.63, 3.8) is 0 Å². The molecule has 0 aliphatic carbocycles. The van der Waals surface area contributed by atoms with E-state index in [4.69, 9.17) is 4.74 Å². The second-order valence-electron chi connectivity index (χ2n) is 5.38. The maximum atomic E-state index is 12.0. The Morgan fingerprint density at radius 3 is 2.73 bits per heavy atom. The summed E-state index contributed by atoms with van der Waals surface area (Å²) in [5.74, 6) is -0.294. The zero-order chi connectivity index (χ0) is 16.1. The lowest BCUT2D eigenvalue weighted by atomic mass is 10.2. The number of nitrogens with one attached hydrogen (secondary N) is 3. The number of fused-ring (bicyclic) bond motifs is 1. The van der Waals surface area contributed by atoms with Gasteiger partial charge in [0.05, 0.1) is 6.61 Å². The first-order chi connectivity index (χ1) is 10.5. The van der Waals surface area contributed by atoms with Crippen molar-refractivity contribution in [2.45, 2.75) is 13.8 Å². The van der Waals surface area contributed by atoms with Gasteiger partial charge in [0.2, 0.25) is 5.91 Å². The Hall–Kier alpha value is -2.34. The van der Waals surface area contributed by atoms with E-state index in [1.807, 2.05) is 32.0 Å². The molecule has 2 rings (SSSR count). The minimum Gasteiger partial charge on any atom is -0.383 e. The molecule has 0 unspecified atom stereocenters. The van der Waals surface area contributed by atoms with Gasteiger partial charge in [-0.05, 0) is 24.3 Å². The molecule has 0 saturated heterocycles. The second kappa shape index (κ2) is 7.09. The SMILES string of the molecule is COCCNC(=O)c1cc2cc(NC(=O)C(C)C)ccc2[nH]1. The van der Waals surface area contributed by atoms with Crippen LogP contribution in [0.5, 0.6) is 0 Å². The lowest BCUT2D eigenvalue weighted by Crippen LogP contribution is -2.27. The fraction of sp³-hybridized carbons (Fsp3) is 0.375. The number of aromatic nitrogens is 1. The van der Waals surface area contributed by atoms with Crippen LogP contribution in [0, 0.1) is 5.92 Å². The largest absolute Gasteiger partial charge is 0.383 e. The molecule has 0 atom stereocenters. The maximum Gasteiger partial charge on any atom is 0.267 e. The molecule has 1 aromatic heterocycles. The van der Waals surface area contributed by atoms with Crippen LogP contribution in [0.2, 0.25) is 0 Å². The van der Waals surface area contributed by atoms with Gasteiger partial charge in [-0.25, -0.2) is 0 Å². The zero-order valence-electron chi connectivity index (χ0n) is 13.0. The van der Waals surface area contributed by atoms with E-state index in [9.17, 15) is 9.59 Å². The predicted molar refractivity (Wildman–Crippen MR) is 86.0 cm³/mol. The molecule has 118 valence electrons. The van der Waals surface area contributed by atoms with Crippen molar-refractivity contribution >= 4 is 28.4 Å². The first-order valence-electron chi connectivity index (χ1n) is 7.22. The van der Waals surface area contributed by atoms with Crippen molar-refractivity contribution < 1.29 is 14.3 Å². The van der Waals surface area contributed by atoms with Gasteiger partial charge < -0.3 is 20.4 Å². The number of hydrogen-bond acceptors (Lipinski definition) is 3. The Balaban J connectivity index is 2.13. The van der Waals surface area contributed by atoms with Crippen molar-refractivity contribution in [1.29, 1.82) is 0 Å². The van der Waals surface area contributed by atoms with Gasteiger partial charge in [-0.1, -0.05) is 13.8 Å². The van der Waals surface area contributed by atoms with Crippen LogP contribution in [-0.2, 0) is 9.53 Å². The van der Waals surface area contributed by atoms with E-state index >= 15 is 0 Å². The molecule has 0 aliphatic rings. The Kier molecular flexibility index (Phi) is 5.16. The highest BCUT2D eigenvalue weighted by Crippen LogP contribution is 2.20. The normalized spacial score (nSPS) is 10.9. The van der Waals surface area contributed by atoms with Crippen LogP contribution in [0.4, 0.5) is 5.69 Å². The topological polar surface area (TPSA) is 83.2 Å². The summed E-state index contributed by atoms with van der Waals surface area (Å²) in [6.07, 6.45) is 0. The van der Waals surface area contributed by atoms with Gasteiger partial charge in [0.25, 0.3) is 5.91 Å². The summed E-state index contributed by atoms with van der Waals surface area (Å²) in [5, 5.41) is 6.48. The number of ether oxygens (including phenoxy) is 1. The monoisotopic (exact) mass is 303 g/mol. The van der Waals surface area contributed by atoms with Gasteiger partial charge >= 0.3 is 0 Å². The van der Waals surface area contributed by atoms with Gasteiger partial charge in [0, 0.05) is 36.2 Å². The number of aromatic amines is 1. The van der Waals surface area contributed by atoms with Crippen LogP contribution in [0.25, 0.3) is 10.9 Å². The number of anilines is 1. The molecule has 0 radical (unpaired) electrons. The number of carbonyl (C=O) groups is 2. The highest BCUT2D eigenvalue weighted by atomic mass is 16.5. The number of H-pyrrole nitrogens is 1. The van der Waals surface area contributed by atoms with Crippen LogP contribution < -0.4 is 10.6 Å². The standard InChI is InChI=1S/C16H21N3O3/c1-10(2)15(20)18-12-4-5-13-11(8-12)9-14(19-13)16(21)17-6-7-22-3/h4-5,8-10,19H,6-7H2,1-3H3,(H,17,21)(H,18,20). The van der Waals surface area contributed by atoms with Crippen molar-refractivity contribution in [3.8, 4) is 0 Å². The smallest absolute Gasteiger partial charge is 0.267 e. The number of carbonyl (C=O) groups excluding carboxylic acids is 2. The summed E-state index contributed by atoms with van der Waals surface area (Å²) in [4.78, 5) is 26.7. The molecule has 0 spiro atoms. The average molecular weight is 303 g/mol. The summed E-state index contributed by atoms with van der Waals surface area (Å²) in [6, 6.07) is 7.27. The summed E-state index contributed by atoms with van der Waals surface area (Å²) in [6.45, 7) is 4.61. The molecule has 2 amide bonds. The molecule has 1 heterocycles. The predicted octanol–water partition coefficient (Wildman–Crippen LogP) is 2.14. The zero-order valence-corrected chi connectivity index (χ0v) is 13.0. The van der Waals surface area contributed by atoms with E-state index in [1.54, 1.807) is 13.2 Å². The summed E-state index contributed by atoms with van der Waals surface area (Å²) in [7, 11) is 1.59. The highest BCUT2D eigenvalue weighted by Gasteiger charge is 2.11. The lowest BCUT2D eigenvalue weighted by molar-refractivity contribution is -0.118. The Morgan fingerprint density at radius 2 is 2.05 bits per heavy atom. The molecule has 2 aromatic rings. The molecule has 0 aliphatic heterocycles. The van der Waals surface area contributed by atoms with Gasteiger partial charge in [-0.2, -0.15) is 0 Å². The summed E-state index contributed by atoms with van der Waals surface area (Å²) in [5.41, 5.74) is 2.05. The molecule has 6 heteroatoms. The number of rotatable bonds is 6. The second-order valence-corrected chi connectivity index (χ2v) is 5.38. The highest BCUT2D eigenvalue weighted by molar-refractivity contribution is 6.00. The maximum absolute atomic E-state index is 12.0. The lowest BCUT2D eigenvalue weighted by Gasteiger charge is -2.07. The minimum absolute atomic E-state index is 0.0348. The van der Waals surface area contributed by atoms with Crippen LogP contribution in [-0.4, -0.2) is 37.1 Å². The van der Waals surface area contributed by atoms with Crippen LogP contribution >= 0.6 is 0 Å². The van der Waals surface area contributed by atoms with Crippen LogP contribution in [0.1, 0.15) is 24.3 Å². The van der Waals surface area contributed by atoms with Gasteiger partial charge in [0.1, 0.15) is 5.69 Å². The number of hydrogen-bond donors (Lipinski definition) is 3. The third-order valence-corrected chi connectivity index (χ3v) is 3.25. The van der Waals surface area contributed by atoms with E-state index in [1.165, 1.54) is 0 Å². The molecule has 1 aromatic carbocycles. The first-order valence-corrected chi connectivity index (χ1v) is 7.22. The Labute approximate surface area is 129 Å². The number of methoxy groups -OCH3 is 1. The Bertz CT molecular complexity index is 676. The third-order valence-electron chi connectivity index (χ3n) is 3.25. The van der Waals surface area contributed by atoms with Crippen molar-refractivity contribution in [1.82, 2.24) is 10.3 Å². The molecule has 22 heavy (non-hydrogen) atoms. The van der Waals surface area contributed by atoms with Crippen molar-refractivity contribution in [2.24, 2.45) is 5.92 Å². The summed E-state index contributed by atoms with van der Waals surface area (Å²) < 4.78 is 4.89. The van der Waals surface area contributed by atoms with E-state index in [0.717, 1.165) is 16.6 Å². The number of benzene rings is 1. The first kappa shape index (κ1) is 16.0. The van der Waals surface area contributed by atoms with Crippen molar-refractivity contribution in [2.75, 3.05) is 25.6 Å². The van der Waals surface area contributed by atoms with E-state index in [0.29, 0.717) is 18.8 Å². The fourth-order valence-corrected chi connectivity index (χ4v) is 1.98. The number of amides is 2. The quantitative estimate of drug-likeness (QED) is 0.715. The average Bonchev–Trinajstić information content (AvgIpc) is 2.90. The summed E-state index contributed by atoms with van der Waals surface area (Å²) >= 11 is 0. The molecule has 6 nitrogen and oxygen atoms in total. The minimum atomic E-state index is -0.180. The van der Waals surface area contributed by atoms with Gasteiger partial charge in [0.15, 0.2) is 0 Å². The molecular formula is C16H21N3O3. The van der Waals surface area contributed by atoms with E-state index < -0.39 is 0 Å². The molecule has 0 bridgehead atoms. The third kappa shape index (κ3) is 3.85. The van der Waals surface area contributed by atoms with Gasteiger partial charge in [-0.15, -0.1) is 0 Å². The fourth-order valence-electron chi connectivity index (χ4n) is 1.98. The van der Waals surface area contributed by atoms with Crippen LogP contribution in [0.15, 0.2) is 24.3 Å². The molecule has 0 saturated carbocycles. The van der Waals surface area contributed by atoms with E-state index in [-0.39, 0.29) is 17.7 Å². The Morgan fingerprint density at radius 1 is 1.27 bits per heavy atom. The molecular weight excluding hydrogens is 282 g/mol. The molecule has 0 fully saturated rings. The van der Waals surface area contributed by atoms with Gasteiger partial charge in [-0.3, -0.25) is 9.59 Å².